The third-order valence-corrected chi connectivity index (χ3v) is 4.28. The van der Waals surface area contributed by atoms with Gasteiger partial charge in [-0.05, 0) is 49.1 Å². The first kappa shape index (κ1) is 14.9. The standard InChI is InChI=1S/C14H17BrF3N/c1-10-3-2-6-19(8-10)9-11-7-12(14(16,17)18)4-5-13(11)15/h4-5,7,10H,2-3,6,8-9H2,1H3. The van der Waals surface area contributed by atoms with Crippen molar-refractivity contribution in [1.82, 2.24) is 4.90 Å². The van der Waals surface area contributed by atoms with Crippen LogP contribution in [0.2, 0.25) is 0 Å². The van der Waals surface area contributed by atoms with Crippen LogP contribution < -0.4 is 0 Å². The highest BCUT2D eigenvalue weighted by Crippen LogP contribution is 2.32. The maximum absolute atomic E-state index is 12.7. The van der Waals surface area contributed by atoms with E-state index in [1.165, 1.54) is 18.6 Å². The van der Waals surface area contributed by atoms with E-state index in [1.807, 2.05) is 0 Å². The van der Waals surface area contributed by atoms with Gasteiger partial charge in [-0.2, -0.15) is 13.2 Å². The minimum atomic E-state index is -4.27. The first-order valence-corrected chi connectivity index (χ1v) is 7.23. The average molecular weight is 336 g/mol. The Bertz CT molecular complexity index is 445. The Hall–Kier alpha value is -0.550. The third-order valence-electron chi connectivity index (χ3n) is 3.51. The molecule has 1 unspecified atom stereocenters. The lowest BCUT2D eigenvalue weighted by Crippen LogP contribution is -2.33. The number of nitrogens with zero attached hydrogens (tertiary/aromatic N) is 1. The van der Waals surface area contributed by atoms with Gasteiger partial charge in [0, 0.05) is 17.6 Å². The van der Waals surface area contributed by atoms with Crippen LogP contribution in [0.3, 0.4) is 0 Å². The van der Waals surface area contributed by atoms with Crippen LogP contribution in [-0.4, -0.2) is 18.0 Å². The molecule has 1 aromatic carbocycles. The molecule has 1 aliphatic rings. The molecule has 1 atom stereocenters. The maximum atomic E-state index is 12.7. The summed E-state index contributed by atoms with van der Waals surface area (Å²) in [6.45, 7) is 4.69. The van der Waals surface area contributed by atoms with E-state index >= 15 is 0 Å². The molecule has 1 heterocycles. The molecule has 106 valence electrons. The van der Waals surface area contributed by atoms with Gasteiger partial charge in [0.1, 0.15) is 0 Å². The molecule has 0 aromatic heterocycles. The molecule has 5 heteroatoms. The van der Waals surface area contributed by atoms with Crippen molar-refractivity contribution >= 4 is 15.9 Å². The molecule has 1 fully saturated rings. The van der Waals surface area contributed by atoms with E-state index < -0.39 is 11.7 Å². The van der Waals surface area contributed by atoms with Crippen LogP contribution in [0, 0.1) is 5.92 Å². The molecule has 0 N–H and O–H groups in total. The van der Waals surface area contributed by atoms with Crippen molar-refractivity contribution in [3.05, 3.63) is 33.8 Å². The molecule has 2 rings (SSSR count). The minimum absolute atomic E-state index is 0.573. The highest BCUT2D eigenvalue weighted by Gasteiger charge is 2.31. The van der Waals surface area contributed by atoms with Crippen molar-refractivity contribution in [2.45, 2.75) is 32.5 Å². The number of piperidine rings is 1. The van der Waals surface area contributed by atoms with Crippen molar-refractivity contribution in [3.8, 4) is 0 Å². The fourth-order valence-corrected chi connectivity index (χ4v) is 2.92. The Balaban J connectivity index is 2.15. The van der Waals surface area contributed by atoms with Gasteiger partial charge in [-0.3, -0.25) is 4.90 Å². The zero-order valence-corrected chi connectivity index (χ0v) is 12.4. The fraction of sp³-hybridized carbons (Fsp3) is 0.571. The number of halogens is 4. The van der Waals surface area contributed by atoms with E-state index in [2.05, 4.69) is 27.8 Å². The zero-order valence-electron chi connectivity index (χ0n) is 10.8. The summed E-state index contributed by atoms with van der Waals surface area (Å²) in [5.41, 5.74) is 0.139. The van der Waals surface area contributed by atoms with E-state index in [1.54, 1.807) is 0 Å². The van der Waals surface area contributed by atoms with E-state index in [9.17, 15) is 13.2 Å². The normalized spacial score (nSPS) is 21.6. The molecule has 0 bridgehead atoms. The number of hydrogen-bond donors (Lipinski definition) is 0. The Morgan fingerprint density at radius 3 is 2.74 bits per heavy atom. The second-order valence-corrected chi connectivity index (χ2v) is 6.14. The second kappa shape index (κ2) is 5.83. The lowest BCUT2D eigenvalue weighted by Gasteiger charge is -2.31. The van der Waals surface area contributed by atoms with Gasteiger partial charge in [0.15, 0.2) is 0 Å². The van der Waals surface area contributed by atoms with Crippen LogP contribution in [0.4, 0.5) is 13.2 Å². The molecule has 1 aliphatic heterocycles. The van der Waals surface area contributed by atoms with Gasteiger partial charge in [0.25, 0.3) is 0 Å². The van der Waals surface area contributed by atoms with Crippen molar-refractivity contribution < 1.29 is 13.2 Å². The topological polar surface area (TPSA) is 3.24 Å². The lowest BCUT2D eigenvalue weighted by molar-refractivity contribution is -0.137. The SMILES string of the molecule is CC1CCCN(Cc2cc(C(F)(F)F)ccc2Br)C1. The van der Waals surface area contributed by atoms with Crippen LogP contribution in [-0.2, 0) is 12.7 Å². The summed E-state index contributed by atoms with van der Waals surface area (Å²) < 4.78 is 38.9. The van der Waals surface area contributed by atoms with E-state index in [0.717, 1.165) is 30.0 Å². The molecule has 0 amide bonds. The van der Waals surface area contributed by atoms with Gasteiger partial charge in [-0.15, -0.1) is 0 Å². The van der Waals surface area contributed by atoms with Crippen LogP contribution in [0.25, 0.3) is 0 Å². The second-order valence-electron chi connectivity index (χ2n) is 5.29. The fourth-order valence-electron chi connectivity index (χ4n) is 2.54. The molecular weight excluding hydrogens is 319 g/mol. The molecular formula is C14H17BrF3N. The summed E-state index contributed by atoms with van der Waals surface area (Å²) in [6, 6.07) is 3.86. The van der Waals surface area contributed by atoms with Crippen LogP contribution in [0.5, 0.6) is 0 Å². The number of benzene rings is 1. The van der Waals surface area contributed by atoms with Gasteiger partial charge >= 0.3 is 6.18 Å². The summed E-state index contributed by atoms with van der Waals surface area (Å²) in [4.78, 5) is 2.23. The summed E-state index contributed by atoms with van der Waals surface area (Å²) in [7, 11) is 0. The summed E-state index contributed by atoms with van der Waals surface area (Å²) >= 11 is 3.35. The highest BCUT2D eigenvalue weighted by atomic mass is 79.9. The van der Waals surface area contributed by atoms with E-state index in [0.29, 0.717) is 18.0 Å². The largest absolute Gasteiger partial charge is 0.416 e. The van der Waals surface area contributed by atoms with Gasteiger partial charge in [0.2, 0.25) is 0 Å². The van der Waals surface area contributed by atoms with Crippen molar-refractivity contribution in [2.24, 2.45) is 5.92 Å². The molecule has 0 aliphatic carbocycles. The number of alkyl halides is 3. The highest BCUT2D eigenvalue weighted by molar-refractivity contribution is 9.10. The molecule has 0 radical (unpaired) electrons. The molecule has 0 spiro atoms. The van der Waals surface area contributed by atoms with Crippen LogP contribution in [0.15, 0.2) is 22.7 Å². The Kier molecular flexibility index (Phi) is 4.56. The predicted octanol–water partition coefficient (Wildman–Crippen LogP) is 4.70. The Morgan fingerprint density at radius 2 is 2.11 bits per heavy atom. The summed E-state index contributed by atoms with van der Waals surface area (Å²) in [6.07, 6.45) is -1.94. The van der Waals surface area contributed by atoms with E-state index in [4.69, 9.17) is 0 Å². The van der Waals surface area contributed by atoms with Crippen molar-refractivity contribution in [2.75, 3.05) is 13.1 Å². The zero-order chi connectivity index (χ0) is 14.0. The average Bonchev–Trinajstić information content (AvgIpc) is 2.30. The van der Waals surface area contributed by atoms with Gasteiger partial charge in [-0.1, -0.05) is 22.9 Å². The molecule has 19 heavy (non-hydrogen) atoms. The molecule has 1 saturated heterocycles. The monoisotopic (exact) mass is 335 g/mol. The Morgan fingerprint density at radius 1 is 1.37 bits per heavy atom. The first-order chi connectivity index (χ1) is 8.86. The van der Waals surface area contributed by atoms with E-state index in [-0.39, 0.29) is 0 Å². The summed E-state index contributed by atoms with van der Waals surface area (Å²) in [5.74, 6) is 0.623. The Labute approximate surface area is 119 Å². The third kappa shape index (κ3) is 3.96. The predicted molar refractivity (Wildman–Crippen MR) is 72.8 cm³/mol. The number of likely N-dealkylation sites (tertiary alicyclic amines) is 1. The first-order valence-electron chi connectivity index (χ1n) is 6.44. The summed E-state index contributed by atoms with van der Waals surface area (Å²) in [5, 5.41) is 0. The molecule has 1 nitrogen and oxygen atoms in total. The number of hydrogen-bond acceptors (Lipinski definition) is 1. The molecule has 1 aromatic rings. The quantitative estimate of drug-likeness (QED) is 0.757. The van der Waals surface area contributed by atoms with Crippen molar-refractivity contribution in [1.29, 1.82) is 0 Å². The smallest absolute Gasteiger partial charge is 0.299 e. The van der Waals surface area contributed by atoms with Crippen LogP contribution in [0.1, 0.15) is 30.9 Å². The number of rotatable bonds is 2. The maximum Gasteiger partial charge on any atom is 0.416 e. The van der Waals surface area contributed by atoms with Crippen LogP contribution >= 0.6 is 15.9 Å². The lowest BCUT2D eigenvalue weighted by atomic mass is 9.99. The molecule has 0 saturated carbocycles. The van der Waals surface area contributed by atoms with Gasteiger partial charge < -0.3 is 0 Å². The van der Waals surface area contributed by atoms with Gasteiger partial charge in [0.05, 0.1) is 5.56 Å². The van der Waals surface area contributed by atoms with Gasteiger partial charge in [-0.25, -0.2) is 0 Å². The minimum Gasteiger partial charge on any atom is -0.299 e. The van der Waals surface area contributed by atoms with Crippen molar-refractivity contribution in [3.63, 3.8) is 0 Å².